The van der Waals surface area contributed by atoms with Crippen LogP contribution < -0.4 is 0 Å². The van der Waals surface area contributed by atoms with E-state index < -0.39 is 24.3 Å². The van der Waals surface area contributed by atoms with Crippen LogP contribution in [0.25, 0.3) is 0 Å². The Morgan fingerprint density at radius 1 is 1.04 bits per heavy atom. The maximum Gasteiger partial charge on any atom is 0.303 e. The monoisotopic (exact) mass is 391 g/mol. The van der Waals surface area contributed by atoms with Crippen LogP contribution in [-0.4, -0.2) is 50.9 Å². The number of carboxylic acid groups (broad SMARTS) is 1. The molecule has 2 rings (SSSR count). The molecule has 0 aromatic heterocycles. The summed E-state index contributed by atoms with van der Waals surface area (Å²) >= 11 is 0. The van der Waals surface area contributed by atoms with Crippen molar-refractivity contribution in [2.24, 2.45) is 16.8 Å². The number of carboxylic acids is 1. The minimum atomic E-state index is -0.760. The Bertz CT molecular complexity index is 606. The molecule has 156 valence electrons. The van der Waals surface area contributed by atoms with Crippen molar-refractivity contribution in [2.75, 3.05) is 0 Å². The molecule has 0 aliphatic heterocycles. The Balaban J connectivity index is 1.74. The van der Waals surface area contributed by atoms with Gasteiger partial charge >= 0.3 is 5.97 Å². The van der Waals surface area contributed by atoms with Gasteiger partial charge in [-0.1, -0.05) is 37.5 Å². The van der Waals surface area contributed by atoms with Crippen LogP contribution in [0.5, 0.6) is 0 Å². The van der Waals surface area contributed by atoms with Crippen LogP contribution in [0.15, 0.2) is 35.3 Å². The van der Waals surface area contributed by atoms with Gasteiger partial charge in [0, 0.05) is 12.6 Å². The van der Waals surface area contributed by atoms with Gasteiger partial charge in [-0.25, -0.2) is 0 Å². The van der Waals surface area contributed by atoms with Crippen molar-refractivity contribution < 1.29 is 25.2 Å². The molecule has 6 heteroatoms. The van der Waals surface area contributed by atoms with Gasteiger partial charge in [-0.2, -0.15) is 0 Å². The fourth-order valence-electron chi connectivity index (χ4n) is 4.11. The number of unbranched alkanes of at least 4 members (excludes halogenated alkanes) is 3. The van der Waals surface area contributed by atoms with E-state index in [4.69, 9.17) is 5.11 Å². The zero-order chi connectivity index (χ0) is 20.4. The molecule has 1 aromatic carbocycles. The van der Waals surface area contributed by atoms with Gasteiger partial charge in [-0.05, 0) is 56.1 Å². The Kier molecular flexibility index (Phi) is 9.61. The molecule has 0 heterocycles. The van der Waals surface area contributed by atoms with Crippen LogP contribution >= 0.6 is 0 Å². The number of nitrogens with zero attached hydrogens (tertiary/aromatic N) is 1. The van der Waals surface area contributed by atoms with Crippen molar-refractivity contribution >= 4 is 17.9 Å². The quantitative estimate of drug-likeness (QED) is 0.323. The van der Waals surface area contributed by atoms with Crippen molar-refractivity contribution in [3.8, 4) is 0 Å². The molecule has 1 aromatic rings. The normalized spacial score (nSPS) is 26.0. The highest BCUT2D eigenvalue weighted by molar-refractivity contribution is 5.67. The number of aliphatic imine (C=N–C) groups is 1. The number of benzene rings is 1. The third-order valence-corrected chi connectivity index (χ3v) is 5.65. The van der Waals surface area contributed by atoms with Gasteiger partial charge in [-0.3, -0.25) is 9.79 Å². The lowest BCUT2D eigenvalue weighted by Gasteiger charge is -2.24. The number of hydrogen-bond acceptors (Lipinski definition) is 5. The van der Waals surface area contributed by atoms with E-state index >= 15 is 0 Å². The zero-order valence-electron chi connectivity index (χ0n) is 16.4. The summed E-state index contributed by atoms with van der Waals surface area (Å²) in [6.45, 7) is 0. The van der Waals surface area contributed by atoms with E-state index in [1.165, 1.54) is 6.21 Å². The molecule has 1 aliphatic carbocycles. The van der Waals surface area contributed by atoms with E-state index in [-0.39, 0.29) is 18.3 Å². The van der Waals surface area contributed by atoms with Crippen molar-refractivity contribution in [2.45, 2.75) is 76.1 Å². The first kappa shape index (κ1) is 22.5. The summed E-state index contributed by atoms with van der Waals surface area (Å²) in [6.07, 6.45) is 5.78. The molecule has 1 unspecified atom stereocenters. The van der Waals surface area contributed by atoms with E-state index in [2.05, 4.69) is 4.99 Å². The van der Waals surface area contributed by atoms with Crippen LogP contribution in [0, 0.1) is 11.8 Å². The number of carbonyl (C=O) groups is 1. The summed E-state index contributed by atoms with van der Waals surface area (Å²) < 4.78 is 0. The summed E-state index contributed by atoms with van der Waals surface area (Å²) in [5.41, 5.74) is 0.790. The van der Waals surface area contributed by atoms with Gasteiger partial charge in [0.15, 0.2) is 0 Å². The van der Waals surface area contributed by atoms with Crippen molar-refractivity contribution in [1.29, 1.82) is 0 Å². The second kappa shape index (κ2) is 11.9. The molecular weight excluding hydrogens is 358 g/mol. The third-order valence-electron chi connectivity index (χ3n) is 5.65. The average molecular weight is 392 g/mol. The minimum Gasteiger partial charge on any atom is -0.481 e. The van der Waals surface area contributed by atoms with Crippen molar-refractivity contribution in [1.82, 2.24) is 0 Å². The van der Waals surface area contributed by atoms with Crippen LogP contribution in [0.3, 0.4) is 0 Å². The molecule has 28 heavy (non-hydrogen) atoms. The Morgan fingerprint density at radius 2 is 1.68 bits per heavy atom. The van der Waals surface area contributed by atoms with Crippen molar-refractivity contribution in [3.63, 3.8) is 0 Å². The van der Waals surface area contributed by atoms with Gasteiger partial charge in [0.2, 0.25) is 0 Å². The molecule has 5 atom stereocenters. The summed E-state index contributed by atoms with van der Waals surface area (Å²) in [5.74, 6) is -0.745. The Hall–Kier alpha value is -1.76. The first-order valence-corrected chi connectivity index (χ1v) is 10.3. The van der Waals surface area contributed by atoms with Gasteiger partial charge in [0.05, 0.1) is 24.0 Å². The second-order valence-electron chi connectivity index (χ2n) is 7.80. The predicted octanol–water partition coefficient (Wildman–Crippen LogP) is 3.31. The first-order chi connectivity index (χ1) is 13.5. The maximum atomic E-state index is 10.5. The average Bonchev–Trinajstić information content (AvgIpc) is 2.94. The molecular formula is C22H33NO5. The number of para-hydroxylation sites is 1. The Labute approximate surface area is 166 Å². The molecule has 6 nitrogen and oxygen atoms in total. The molecule has 4 N–H and O–H groups in total. The molecule has 0 radical (unpaired) electrons. The first-order valence-electron chi connectivity index (χ1n) is 10.3. The van der Waals surface area contributed by atoms with E-state index in [1.54, 1.807) is 0 Å². The molecule has 1 fully saturated rings. The predicted molar refractivity (Wildman–Crippen MR) is 109 cm³/mol. The minimum absolute atomic E-state index is 0.0196. The van der Waals surface area contributed by atoms with Crippen molar-refractivity contribution in [3.05, 3.63) is 30.3 Å². The molecule has 0 spiro atoms. The fraction of sp³-hybridized carbons (Fsp3) is 0.636. The van der Waals surface area contributed by atoms with Crippen LogP contribution in [-0.2, 0) is 4.79 Å². The largest absolute Gasteiger partial charge is 0.481 e. The highest BCUT2D eigenvalue weighted by Gasteiger charge is 2.40. The highest BCUT2D eigenvalue weighted by atomic mass is 16.4. The fourth-order valence-corrected chi connectivity index (χ4v) is 4.11. The number of aliphatic carboxylic acids is 1. The summed E-state index contributed by atoms with van der Waals surface area (Å²) in [4.78, 5) is 14.8. The smallest absolute Gasteiger partial charge is 0.303 e. The van der Waals surface area contributed by atoms with Gasteiger partial charge in [0.25, 0.3) is 0 Å². The number of rotatable bonds is 12. The van der Waals surface area contributed by atoms with Crippen LogP contribution in [0.2, 0.25) is 0 Å². The Morgan fingerprint density at radius 3 is 2.36 bits per heavy atom. The second-order valence-corrected chi connectivity index (χ2v) is 7.80. The van der Waals surface area contributed by atoms with E-state index in [1.807, 2.05) is 30.3 Å². The topological polar surface area (TPSA) is 110 Å². The number of hydrogen-bond donors (Lipinski definition) is 4. The lowest BCUT2D eigenvalue weighted by Crippen LogP contribution is -2.24. The molecule has 0 amide bonds. The van der Waals surface area contributed by atoms with Gasteiger partial charge in [-0.15, -0.1) is 0 Å². The van der Waals surface area contributed by atoms with E-state index in [0.717, 1.165) is 31.4 Å². The van der Waals surface area contributed by atoms with Crippen LogP contribution in [0.4, 0.5) is 5.69 Å². The van der Waals surface area contributed by atoms with E-state index in [9.17, 15) is 20.1 Å². The molecule has 0 bridgehead atoms. The highest BCUT2D eigenvalue weighted by Crippen LogP contribution is 2.39. The SMILES string of the molecule is O=C(O)CCCCCC[C@@H]1[C@@H](CCC(O)C=Nc2ccccc2)[C@H](O)C[C@@H]1O. The zero-order valence-corrected chi connectivity index (χ0v) is 16.4. The number of aliphatic hydroxyl groups excluding tert-OH is 3. The maximum absolute atomic E-state index is 10.5. The lowest BCUT2D eigenvalue weighted by molar-refractivity contribution is -0.137. The standard InChI is InChI=1S/C22H33NO5/c24-17(15-23-16-8-4-3-5-9-16)12-13-19-18(20(25)14-21(19)26)10-6-1-2-7-11-22(27)28/h3-5,8-9,15,17-21,24-26H,1-2,6-7,10-14H2,(H,27,28)/t17?,18-,19-,20+,21-/m1/s1. The van der Waals surface area contributed by atoms with E-state index in [0.29, 0.717) is 25.7 Å². The molecule has 1 aliphatic rings. The van der Waals surface area contributed by atoms with Gasteiger partial charge in [0.1, 0.15) is 0 Å². The molecule has 1 saturated carbocycles. The summed E-state index contributed by atoms with van der Waals surface area (Å²) in [6, 6.07) is 9.43. The summed E-state index contributed by atoms with van der Waals surface area (Å²) in [5, 5.41) is 39.5. The molecule has 0 saturated heterocycles. The number of aliphatic hydroxyl groups is 3. The van der Waals surface area contributed by atoms with Gasteiger partial charge < -0.3 is 20.4 Å². The summed E-state index contributed by atoms with van der Waals surface area (Å²) in [7, 11) is 0. The third kappa shape index (κ3) is 7.70. The van der Waals surface area contributed by atoms with Crippen LogP contribution in [0.1, 0.15) is 57.8 Å². The lowest BCUT2D eigenvalue weighted by atomic mass is 9.85.